The van der Waals surface area contributed by atoms with Crippen molar-refractivity contribution >= 4 is 10.8 Å². The van der Waals surface area contributed by atoms with Crippen LogP contribution in [-0.4, -0.2) is 17.7 Å². The summed E-state index contributed by atoms with van der Waals surface area (Å²) in [5.41, 5.74) is 0.827. The van der Waals surface area contributed by atoms with Gasteiger partial charge in [0.25, 0.3) is 0 Å². The predicted molar refractivity (Wildman–Crippen MR) is 59.5 cm³/mol. The Morgan fingerprint density at radius 1 is 1.12 bits per heavy atom. The second-order valence-corrected chi connectivity index (χ2v) is 3.78. The van der Waals surface area contributed by atoms with Crippen LogP contribution < -0.4 is 5.32 Å². The van der Waals surface area contributed by atoms with Gasteiger partial charge in [0.05, 0.1) is 6.54 Å². The molecular weight excluding hydrogens is 229 g/mol. The molecule has 0 radical (unpaired) electrons. The maximum absolute atomic E-state index is 11.9. The standard InChI is InChI=1S/C12H11F3N2/c13-12(14,15)8-17-6-9-1-2-11-7-16-4-3-10(11)5-9/h1-5,7,17H,6,8H2. The molecule has 0 aliphatic rings. The number of fused-ring (bicyclic) bond motifs is 1. The third-order valence-electron chi connectivity index (χ3n) is 2.36. The fourth-order valence-corrected chi connectivity index (χ4v) is 1.59. The quantitative estimate of drug-likeness (QED) is 0.892. The molecule has 1 aromatic carbocycles. The SMILES string of the molecule is FC(F)(F)CNCc1ccc2cnccc2c1. The lowest BCUT2D eigenvalue weighted by Crippen LogP contribution is -2.28. The minimum Gasteiger partial charge on any atom is -0.305 e. The van der Waals surface area contributed by atoms with Crippen LogP contribution in [-0.2, 0) is 6.54 Å². The lowest BCUT2D eigenvalue weighted by molar-refractivity contribution is -0.125. The molecule has 0 saturated carbocycles. The molecule has 90 valence electrons. The van der Waals surface area contributed by atoms with Gasteiger partial charge in [-0.2, -0.15) is 13.2 Å². The van der Waals surface area contributed by atoms with E-state index < -0.39 is 12.7 Å². The Hall–Kier alpha value is -1.62. The van der Waals surface area contributed by atoms with Crippen LogP contribution in [0.1, 0.15) is 5.56 Å². The molecule has 1 heterocycles. The van der Waals surface area contributed by atoms with Crippen molar-refractivity contribution in [3.05, 3.63) is 42.2 Å². The van der Waals surface area contributed by atoms with Crippen LogP contribution in [0.5, 0.6) is 0 Å². The molecule has 0 aliphatic heterocycles. The molecule has 1 aromatic heterocycles. The summed E-state index contributed by atoms with van der Waals surface area (Å²) in [5.74, 6) is 0. The van der Waals surface area contributed by atoms with Crippen molar-refractivity contribution in [1.82, 2.24) is 10.3 Å². The predicted octanol–water partition coefficient (Wildman–Crippen LogP) is 2.89. The van der Waals surface area contributed by atoms with E-state index in [0.29, 0.717) is 0 Å². The number of pyridine rings is 1. The summed E-state index contributed by atoms with van der Waals surface area (Å²) in [4.78, 5) is 3.97. The average molecular weight is 240 g/mol. The van der Waals surface area contributed by atoms with E-state index in [1.165, 1.54) is 0 Å². The number of nitrogens with zero attached hydrogens (tertiary/aromatic N) is 1. The van der Waals surface area contributed by atoms with Gasteiger partial charge in [0.15, 0.2) is 0 Å². The number of halogens is 3. The molecule has 2 aromatic rings. The number of rotatable bonds is 3. The second-order valence-electron chi connectivity index (χ2n) is 3.78. The van der Waals surface area contributed by atoms with Crippen LogP contribution in [0, 0.1) is 0 Å². The zero-order valence-corrected chi connectivity index (χ0v) is 8.96. The molecule has 0 bridgehead atoms. The minimum absolute atomic E-state index is 0.206. The van der Waals surface area contributed by atoms with Crippen molar-refractivity contribution in [3.8, 4) is 0 Å². The molecule has 0 aliphatic carbocycles. The van der Waals surface area contributed by atoms with E-state index in [1.54, 1.807) is 18.5 Å². The first-order chi connectivity index (χ1) is 8.04. The number of alkyl halides is 3. The Labute approximate surface area is 96.5 Å². The zero-order valence-electron chi connectivity index (χ0n) is 8.96. The van der Waals surface area contributed by atoms with E-state index in [9.17, 15) is 13.2 Å². The third-order valence-corrected chi connectivity index (χ3v) is 2.36. The summed E-state index contributed by atoms with van der Waals surface area (Å²) in [6.07, 6.45) is -0.779. The Morgan fingerprint density at radius 2 is 1.94 bits per heavy atom. The summed E-state index contributed by atoms with van der Waals surface area (Å²) in [6.45, 7) is -0.765. The maximum Gasteiger partial charge on any atom is 0.401 e. The summed E-state index contributed by atoms with van der Waals surface area (Å²) >= 11 is 0. The van der Waals surface area contributed by atoms with Gasteiger partial charge in [0.2, 0.25) is 0 Å². The Kier molecular flexibility index (Phi) is 3.28. The van der Waals surface area contributed by atoms with Crippen molar-refractivity contribution in [2.24, 2.45) is 0 Å². The van der Waals surface area contributed by atoms with Crippen LogP contribution in [0.15, 0.2) is 36.7 Å². The average Bonchev–Trinajstić information content (AvgIpc) is 2.27. The van der Waals surface area contributed by atoms with Gasteiger partial charge in [0.1, 0.15) is 0 Å². The Bertz CT molecular complexity index is 508. The lowest BCUT2D eigenvalue weighted by Gasteiger charge is -2.08. The molecule has 0 unspecified atom stereocenters. The van der Waals surface area contributed by atoms with E-state index in [0.717, 1.165) is 16.3 Å². The van der Waals surface area contributed by atoms with Gasteiger partial charge in [-0.3, -0.25) is 4.98 Å². The van der Waals surface area contributed by atoms with Crippen molar-refractivity contribution < 1.29 is 13.2 Å². The number of nitrogens with one attached hydrogen (secondary N) is 1. The first-order valence-corrected chi connectivity index (χ1v) is 5.15. The second kappa shape index (κ2) is 4.71. The number of aromatic nitrogens is 1. The first-order valence-electron chi connectivity index (χ1n) is 5.15. The third kappa shape index (κ3) is 3.42. The lowest BCUT2D eigenvalue weighted by atomic mass is 10.1. The molecule has 0 saturated heterocycles. The molecule has 5 heteroatoms. The molecule has 0 amide bonds. The normalized spacial score (nSPS) is 11.9. The highest BCUT2D eigenvalue weighted by Gasteiger charge is 2.25. The van der Waals surface area contributed by atoms with Gasteiger partial charge in [-0.25, -0.2) is 0 Å². The Morgan fingerprint density at radius 3 is 2.71 bits per heavy atom. The molecular formula is C12H11F3N2. The van der Waals surface area contributed by atoms with Crippen molar-refractivity contribution in [2.45, 2.75) is 12.7 Å². The summed E-state index contributed by atoms with van der Waals surface area (Å²) in [7, 11) is 0. The van der Waals surface area contributed by atoms with E-state index in [2.05, 4.69) is 10.3 Å². The number of hydrogen-bond donors (Lipinski definition) is 1. The fraction of sp³-hybridized carbons (Fsp3) is 0.250. The molecule has 2 rings (SSSR count). The van der Waals surface area contributed by atoms with Gasteiger partial charge in [-0.05, 0) is 23.1 Å². The van der Waals surface area contributed by atoms with Crippen molar-refractivity contribution in [2.75, 3.05) is 6.54 Å². The summed E-state index contributed by atoms with van der Waals surface area (Å²) < 4.78 is 35.8. The minimum atomic E-state index is -4.17. The smallest absolute Gasteiger partial charge is 0.305 e. The van der Waals surface area contributed by atoms with Gasteiger partial charge in [0, 0.05) is 24.3 Å². The molecule has 0 fully saturated rings. The van der Waals surface area contributed by atoms with Gasteiger partial charge < -0.3 is 5.32 Å². The largest absolute Gasteiger partial charge is 0.401 e. The highest BCUT2D eigenvalue weighted by Crippen LogP contribution is 2.15. The van der Waals surface area contributed by atoms with E-state index in [4.69, 9.17) is 0 Å². The molecule has 17 heavy (non-hydrogen) atoms. The molecule has 2 nitrogen and oxygen atoms in total. The highest BCUT2D eigenvalue weighted by atomic mass is 19.4. The zero-order chi connectivity index (χ0) is 12.3. The van der Waals surface area contributed by atoms with E-state index >= 15 is 0 Å². The number of benzene rings is 1. The van der Waals surface area contributed by atoms with Crippen LogP contribution in [0.3, 0.4) is 0 Å². The molecule has 0 spiro atoms. The Balaban J connectivity index is 2.04. The monoisotopic (exact) mass is 240 g/mol. The van der Waals surface area contributed by atoms with Crippen molar-refractivity contribution in [3.63, 3.8) is 0 Å². The number of hydrogen-bond acceptors (Lipinski definition) is 2. The maximum atomic E-state index is 11.9. The van der Waals surface area contributed by atoms with E-state index in [-0.39, 0.29) is 6.54 Å². The van der Waals surface area contributed by atoms with Gasteiger partial charge >= 0.3 is 6.18 Å². The van der Waals surface area contributed by atoms with Crippen LogP contribution >= 0.6 is 0 Å². The van der Waals surface area contributed by atoms with Crippen LogP contribution in [0.2, 0.25) is 0 Å². The van der Waals surface area contributed by atoms with Gasteiger partial charge in [-0.1, -0.05) is 12.1 Å². The topological polar surface area (TPSA) is 24.9 Å². The highest BCUT2D eigenvalue weighted by molar-refractivity contribution is 5.81. The van der Waals surface area contributed by atoms with E-state index in [1.807, 2.05) is 18.2 Å². The fourth-order valence-electron chi connectivity index (χ4n) is 1.59. The summed E-state index contributed by atoms with van der Waals surface area (Å²) in [6, 6.07) is 7.35. The first kappa shape index (κ1) is 11.9. The molecule has 0 atom stereocenters. The van der Waals surface area contributed by atoms with Gasteiger partial charge in [-0.15, -0.1) is 0 Å². The van der Waals surface area contributed by atoms with Crippen LogP contribution in [0.25, 0.3) is 10.8 Å². The van der Waals surface area contributed by atoms with Crippen molar-refractivity contribution in [1.29, 1.82) is 0 Å². The summed E-state index contributed by atoms with van der Waals surface area (Å²) in [5, 5.41) is 4.32. The van der Waals surface area contributed by atoms with Crippen LogP contribution in [0.4, 0.5) is 13.2 Å². The molecule has 1 N–H and O–H groups in total.